The molecule has 4 aliphatic carbocycles. The van der Waals surface area contributed by atoms with E-state index in [1.807, 2.05) is 6.07 Å². The lowest BCUT2D eigenvalue weighted by atomic mass is 9.70. The van der Waals surface area contributed by atoms with Crippen molar-refractivity contribution in [2.75, 3.05) is 0 Å². The van der Waals surface area contributed by atoms with Crippen molar-refractivity contribution in [1.82, 2.24) is 0 Å². The molecule has 0 saturated heterocycles. The smallest absolute Gasteiger partial charge is 0.144 e. The summed E-state index contributed by atoms with van der Waals surface area (Å²) in [6.45, 7) is 19.1. The van der Waals surface area contributed by atoms with Crippen molar-refractivity contribution in [3.63, 3.8) is 0 Å². The van der Waals surface area contributed by atoms with Crippen LogP contribution in [0.25, 0.3) is 88.7 Å². The molecule has 2 heteroatoms. The molecule has 4 aliphatic rings. The van der Waals surface area contributed by atoms with Crippen molar-refractivity contribution in [1.29, 1.82) is 0 Å². The maximum atomic E-state index is 7.11. The Morgan fingerprint density at radius 3 is 1.53 bits per heavy atom. The zero-order valence-corrected chi connectivity index (χ0v) is 46.5. The van der Waals surface area contributed by atoms with E-state index in [0.29, 0.717) is 0 Å². The first-order valence-electron chi connectivity index (χ1n) is 28.8. The lowest BCUT2D eigenvalue weighted by Crippen LogP contribution is -2.25. The van der Waals surface area contributed by atoms with E-state index in [4.69, 9.17) is 16.0 Å². The van der Waals surface area contributed by atoms with Crippen molar-refractivity contribution >= 4 is 33.5 Å². The molecular formula is C73H73ClO. The quantitative estimate of drug-likeness (QED) is 0.0933. The highest BCUT2D eigenvalue weighted by molar-refractivity contribution is 6.30. The molecule has 0 N–H and O–H groups in total. The van der Waals surface area contributed by atoms with Crippen LogP contribution in [0.5, 0.6) is 0 Å². The monoisotopic (exact) mass is 1000 g/mol. The maximum absolute atomic E-state index is 7.11. The van der Waals surface area contributed by atoms with Gasteiger partial charge in [-0.15, -0.1) is 0 Å². The predicted octanol–water partition coefficient (Wildman–Crippen LogP) is 21.9. The fourth-order valence-corrected chi connectivity index (χ4v) is 15.3. The summed E-state index contributed by atoms with van der Waals surface area (Å²) in [6, 6.07) is 54.3. The lowest BCUT2D eigenvalue weighted by Gasteiger charge is -2.33. The number of hydrogen-bond acceptors (Lipinski definition) is 1. The Balaban J connectivity index is 0.888. The van der Waals surface area contributed by atoms with E-state index < -0.39 is 0 Å². The van der Waals surface area contributed by atoms with Gasteiger partial charge in [0.15, 0.2) is 0 Å². The fraction of sp³-hybridized carbons (Fsp3) is 0.342. The third-order valence-electron chi connectivity index (χ3n) is 19.3. The van der Waals surface area contributed by atoms with E-state index in [1.165, 1.54) is 189 Å². The zero-order valence-electron chi connectivity index (χ0n) is 45.8. The van der Waals surface area contributed by atoms with Crippen LogP contribution in [0.1, 0.15) is 183 Å². The van der Waals surface area contributed by atoms with Gasteiger partial charge >= 0.3 is 0 Å². The largest absolute Gasteiger partial charge is 0.455 e. The minimum Gasteiger partial charge on any atom is -0.455 e. The van der Waals surface area contributed by atoms with Gasteiger partial charge in [-0.25, -0.2) is 0 Å². The van der Waals surface area contributed by atoms with Gasteiger partial charge < -0.3 is 4.42 Å². The number of unbranched alkanes of at least 4 members (excludes halogenated alkanes) is 9. The molecule has 0 saturated carbocycles. The van der Waals surface area contributed by atoms with Crippen LogP contribution in [0, 0.1) is 0 Å². The van der Waals surface area contributed by atoms with Crippen molar-refractivity contribution in [2.24, 2.45) is 0 Å². The molecule has 1 unspecified atom stereocenters. The molecule has 1 aromatic heterocycles. The van der Waals surface area contributed by atoms with Gasteiger partial charge in [0.2, 0.25) is 0 Å². The molecule has 0 radical (unpaired) electrons. The van der Waals surface area contributed by atoms with Gasteiger partial charge in [-0.3, -0.25) is 0 Å². The first-order chi connectivity index (χ1) is 36.3. The summed E-state index contributed by atoms with van der Waals surface area (Å²) in [5.41, 5.74) is 28.5. The average molecular weight is 1000 g/mol. The Labute approximate surface area is 451 Å². The number of fused-ring (bicyclic) bond motifs is 16. The molecule has 0 aliphatic heterocycles. The zero-order chi connectivity index (χ0) is 51.6. The van der Waals surface area contributed by atoms with Crippen LogP contribution in [-0.2, 0) is 21.7 Å². The summed E-state index contributed by atoms with van der Waals surface area (Å²) < 4.78 is 7.11. The third kappa shape index (κ3) is 7.29. The molecule has 0 fully saturated rings. The standard InChI is InChI=1S/C73H73ClO/c1-9-11-13-15-17-23-37-73(36-22-16-14-12-10-2)58-26-20-18-24-49(58)52-33-29-46(39-64(52)73)45-28-32-50-51-34-30-47(40-60(51)70(3,4)59(50)38-45)55-42-65-68(69-67(55)54-25-19-21-27-66(54)75-69)57-44-62-56(43-63(57)72(65,7)8)53-35-31-48(74)41-61(53)71(62,5)6/h18-21,24-35,38-44H,9-17,22-23,36-37H2,1-8H3. The number of para-hydroxylation sites is 1. The molecule has 1 nitrogen and oxygen atoms in total. The Hall–Kier alpha value is -6.15. The van der Waals surface area contributed by atoms with Crippen LogP contribution in [0.3, 0.4) is 0 Å². The molecule has 1 heterocycles. The molecule has 1 atom stereocenters. The summed E-state index contributed by atoms with van der Waals surface area (Å²) in [7, 11) is 0. The van der Waals surface area contributed by atoms with Crippen LogP contribution >= 0.6 is 11.6 Å². The minimum atomic E-state index is -0.257. The van der Waals surface area contributed by atoms with Gasteiger partial charge in [-0.05, 0) is 173 Å². The van der Waals surface area contributed by atoms with E-state index in [-0.39, 0.29) is 21.7 Å². The van der Waals surface area contributed by atoms with Gasteiger partial charge in [0, 0.05) is 43.0 Å². The van der Waals surface area contributed by atoms with Crippen LogP contribution < -0.4 is 0 Å². The van der Waals surface area contributed by atoms with E-state index >= 15 is 0 Å². The third-order valence-corrected chi connectivity index (χ3v) is 19.5. The fourth-order valence-electron chi connectivity index (χ4n) is 15.1. The highest BCUT2D eigenvalue weighted by Crippen LogP contribution is 2.61. The summed E-state index contributed by atoms with van der Waals surface area (Å²) in [4.78, 5) is 0. The summed E-state index contributed by atoms with van der Waals surface area (Å²) in [5.74, 6) is 0. The molecule has 0 amide bonds. The van der Waals surface area contributed by atoms with Gasteiger partial charge in [0.1, 0.15) is 11.2 Å². The highest BCUT2D eigenvalue weighted by Gasteiger charge is 2.45. The number of halogens is 1. The van der Waals surface area contributed by atoms with Gasteiger partial charge in [0.25, 0.3) is 0 Å². The molecule has 8 aromatic carbocycles. The first kappa shape index (κ1) is 48.5. The molecule has 378 valence electrons. The van der Waals surface area contributed by atoms with Gasteiger partial charge in [0.05, 0.1) is 0 Å². The molecule has 13 rings (SSSR count). The average Bonchev–Trinajstić information content (AvgIpc) is 4.27. The van der Waals surface area contributed by atoms with Crippen LogP contribution in [0.4, 0.5) is 0 Å². The normalized spacial score (nSPS) is 17.4. The Morgan fingerprint density at radius 2 is 0.840 bits per heavy atom. The van der Waals surface area contributed by atoms with E-state index in [0.717, 1.165) is 21.6 Å². The molecule has 9 aromatic rings. The van der Waals surface area contributed by atoms with Gasteiger partial charge in [-0.1, -0.05) is 223 Å². The Kier molecular flexibility index (Phi) is 11.6. The molecular weight excluding hydrogens is 928 g/mol. The molecule has 75 heavy (non-hydrogen) atoms. The predicted molar refractivity (Wildman–Crippen MR) is 320 cm³/mol. The maximum Gasteiger partial charge on any atom is 0.144 e. The number of furan rings is 1. The second kappa shape index (κ2) is 18.0. The highest BCUT2D eigenvalue weighted by atomic mass is 35.5. The van der Waals surface area contributed by atoms with Gasteiger partial charge in [-0.2, -0.15) is 0 Å². The Bertz CT molecular complexity index is 3780. The van der Waals surface area contributed by atoms with E-state index in [9.17, 15) is 0 Å². The van der Waals surface area contributed by atoms with Crippen LogP contribution in [-0.4, -0.2) is 0 Å². The summed E-state index contributed by atoms with van der Waals surface area (Å²) in [5, 5.41) is 3.15. The minimum absolute atomic E-state index is 0.0568. The number of rotatable bonds is 15. The first-order valence-corrected chi connectivity index (χ1v) is 29.2. The summed E-state index contributed by atoms with van der Waals surface area (Å²) >= 11 is 6.64. The van der Waals surface area contributed by atoms with Crippen LogP contribution in [0.2, 0.25) is 5.02 Å². The second-order valence-electron chi connectivity index (χ2n) is 24.7. The van der Waals surface area contributed by atoms with Crippen molar-refractivity contribution in [2.45, 2.75) is 161 Å². The SMILES string of the molecule is CCCCCCCCC1(CCCCCCC)c2ccccc2-c2ccc(-c3ccc4c(c3)C(C)(C)c3cc(-c5cc6c(c7oc8ccccc8c57)-c5cc7c(cc5C6(C)C)-c5ccc(Cl)cc5C7(C)C)ccc3-4)cc21. The Morgan fingerprint density at radius 1 is 0.373 bits per heavy atom. The van der Waals surface area contributed by atoms with Crippen molar-refractivity contribution < 1.29 is 4.42 Å². The number of benzene rings is 8. The van der Waals surface area contributed by atoms with E-state index in [2.05, 4.69) is 189 Å². The number of hydrogen-bond donors (Lipinski definition) is 0. The van der Waals surface area contributed by atoms with E-state index in [1.54, 1.807) is 11.1 Å². The topological polar surface area (TPSA) is 13.1 Å². The molecule has 0 bridgehead atoms. The second-order valence-corrected chi connectivity index (χ2v) is 25.2. The lowest BCUT2D eigenvalue weighted by molar-refractivity contribution is 0.398. The molecule has 0 spiro atoms. The van der Waals surface area contributed by atoms with Crippen molar-refractivity contribution in [3.05, 3.63) is 189 Å². The van der Waals surface area contributed by atoms with Crippen molar-refractivity contribution in [3.8, 4) is 66.8 Å². The van der Waals surface area contributed by atoms with Crippen LogP contribution in [0.15, 0.2) is 144 Å². The summed E-state index contributed by atoms with van der Waals surface area (Å²) in [6.07, 6.45) is 17.0.